The van der Waals surface area contributed by atoms with E-state index in [2.05, 4.69) is 16.8 Å². The van der Waals surface area contributed by atoms with Crippen molar-refractivity contribution in [3.05, 3.63) is 23.4 Å². The van der Waals surface area contributed by atoms with Crippen LogP contribution in [0, 0.1) is 11.8 Å². The normalized spacial score (nSPS) is 10.7. The van der Waals surface area contributed by atoms with E-state index >= 15 is 0 Å². The molecule has 0 saturated carbocycles. The van der Waals surface area contributed by atoms with Gasteiger partial charge in [-0.1, -0.05) is 11.8 Å². The summed E-state index contributed by atoms with van der Waals surface area (Å²) in [5, 5.41) is 8.39. The SMILES string of the molecule is Nc1ncc(C(F)(F)F)cc1C#CCO. The largest absolute Gasteiger partial charge is 0.417 e. The summed E-state index contributed by atoms with van der Waals surface area (Å²) in [5.41, 5.74) is 4.35. The molecule has 0 radical (unpaired) electrons. The minimum atomic E-state index is -4.48. The average molecular weight is 216 g/mol. The summed E-state index contributed by atoms with van der Waals surface area (Å²) in [6, 6.07) is 0.797. The van der Waals surface area contributed by atoms with Crippen molar-refractivity contribution in [1.82, 2.24) is 4.98 Å². The van der Waals surface area contributed by atoms with Gasteiger partial charge >= 0.3 is 6.18 Å². The van der Waals surface area contributed by atoms with Gasteiger partial charge in [-0.25, -0.2) is 4.98 Å². The Bertz CT molecular complexity index is 418. The molecular weight excluding hydrogens is 209 g/mol. The molecule has 15 heavy (non-hydrogen) atoms. The fourth-order valence-electron chi connectivity index (χ4n) is 0.865. The predicted molar refractivity (Wildman–Crippen MR) is 47.6 cm³/mol. The molecule has 0 bridgehead atoms. The van der Waals surface area contributed by atoms with Crippen molar-refractivity contribution >= 4 is 5.82 Å². The van der Waals surface area contributed by atoms with Crippen molar-refractivity contribution in [2.45, 2.75) is 6.18 Å². The summed E-state index contributed by atoms with van der Waals surface area (Å²) in [5.74, 6) is 4.40. The Morgan fingerprint density at radius 2 is 2.13 bits per heavy atom. The van der Waals surface area contributed by atoms with Crippen LogP contribution in [0.5, 0.6) is 0 Å². The van der Waals surface area contributed by atoms with Crippen molar-refractivity contribution in [3.8, 4) is 11.8 Å². The third-order valence-corrected chi connectivity index (χ3v) is 1.55. The van der Waals surface area contributed by atoms with Gasteiger partial charge in [-0.2, -0.15) is 13.2 Å². The van der Waals surface area contributed by atoms with E-state index in [1.165, 1.54) is 0 Å². The van der Waals surface area contributed by atoms with Gasteiger partial charge in [-0.3, -0.25) is 0 Å². The highest BCUT2D eigenvalue weighted by Gasteiger charge is 2.31. The number of pyridine rings is 1. The number of nitrogen functional groups attached to an aromatic ring is 1. The Balaban J connectivity index is 3.17. The first-order chi connectivity index (χ1) is 6.95. The zero-order chi connectivity index (χ0) is 11.5. The summed E-state index contributed by atoms with van der Waals surface area (Å²) in [7, 11) is 0. The molecule has 1 heterocycles. The predicted octanol–water partition coefficient (Wildman–Crippen LogP) is 1.03. The molecule has 1 rings (SSSR count). The van der Waals surface area contributed by atoms with Crippen LogP contribution in [0.15, 0.2) is 12.3 Å². The third kappa shape index (κ3) is 2.86. The Labute approximate surface area is 83.7 Å². The van der Waals surface area contributed by atoms with E-state index < -0.39 is 18.3 Å². The molecule has 0 spiro atoms. The Morgan fingerprint density at radius 1 is 1.47 bits per heavy atom. The van der Waals surface area contributed by atoms with E-state index in [0.717, 1.165) is 6.07 Å². The van der Waals surface area contributed by atoms with Gasteiger partial charge in [0.25, 0.3) is 0 Å². The number of nitrogens with two attached hydrogens (primary N) is 1. The molecule has 0 aromatic carbocycles. The molecule has 80 valence electrons. The molecule has 0 aliphatic heterocycles. The molecule has 0 unspecified atom stereocenters. The number of hydrogen-bond acceptors (Lipinski definition) is 3. The summed E-state index contributed by atoms with van der Waals surface area (Å²) in [6.07, 6.45) is -3.84. The molecule has 0 aliphatic carbocycles. The van der Waals surface area contributed by atoms with Crippen LogP contribution in [0.25, 0.3) is 0 Å². The zero-order valence-corrected chi connectivity index (χ0v) is 7.47. The third-order valence-electron chi connectivity index (χ3n) is 1.55. The molecule has 1 aromatic rings. The van der Waals surface area contributed by atoms with Gasteiger partial charge in [0.05, 0.1) is 11.1 Å². The van der Waals surface area contributed by atoms with Crippen LogP contribution < -0.4 is 5.73 Å². The monoisotopic (exact) mass is 216 g/mol. The van der Waals surface area contributed by atoms with Crippen LogP contribution in [0.1, 0.15) is 11.1 Å². The maximum absolute atomic E-state index is 12.2. The lowest BCUT2D eigenvalue weighted by atomic mass is 10.2. The lowest BCUT2D eigenvalue weighted by Gasteiger charge is -2.06. The highest BCUT2D eigenvalue weighted by molar-refractivity contribution is 5.52. The number of anilines is 1. The fourth-order valence-corrected chi connectivity index (χ4v) is 0.865. The van der Waals surface area contributed by atoms with E-state index in [1.807, 2.05) is 0 Å². The molecule has 0 fully saturated rings. The topological polar surface area (TPSA) is 59.1 Å². The van der Waals surface area contributed by atoms with Gasteiger partial charge in [-0.15, -0.1) is 0 Å². The second-order valence-corrected chi connectivity index (χ2v) is 2.61. The molecule has 0 atom stereocenters. The van der Waals surface area contributed by atoms with Gasteiger partial charge in [0.1, 0.15) is 12.4 Å². The molecule has 3 N–H and O–H groups in total. The summed E-state index contributed by atoms with van der Waals surface area (Å²) < 4.78 is 36.7. The van der Waals surface area contributed by atoms with Crippen molar-refractivity contribution in [2.24, 2.45) is 0 Å². The minimum absolute atomic E-state index is 0.0427. The van der Waals surface area contributed by atoms with Crippen molar-refractivity contribution < 1.29 is 18.3 Å². The lowest BCUT2D eigenvalue weighted by molar-refractivity contribution is -0.137. The first-order valence-electron chi connectivity index (χ1n) is 3.87. The van der Waals surface area contributed by atoms with E-state index in [4.69, 9.17) is 10.8 Å². The first kappa shape index (κ1) is 11.3. The van der Waals surface area contributed by atoms with Gasteiger partial charge < -0.3 is 10.8 Å². The maximum atomic E-state index is 12.2. The Hall–Kier alpha value is -1.74. The average Bonchev–Trinajstić information content (AvgIpc) is 2.15. The Kier molecular flexibility index (Phi) is 3.17. The van der Waals surface area contributed by atoms with Crippen LogP contribution in [-0.2, 0) is 6.18 Å². The number of halogens is 3. The van der Waals surface area contributed by atoms with Gasteiger partial charge in [0.15, 0.2) is 0 Å². The Morgan fingerprint density at radius 3 is 2.67 bits per heavy atom. The molecule has 0 aliphatic rings. The van der Waals surface area contributed by atoms with Gasteiger partial charge in [0.2, 0.25) is 0 Å². The highest BCUT2D eigenvalue weighted by atomic mass is 19.4. The zero-order valence-electron chi connectivity index (χ0n) is 7.47. The fraction of sp³-hybridized carbons (Fsp3) is 0.222. The number of alkyl halides is 3. The van der Waals surface area contributed by atoms with E-state index in [0.29, 0.717) is 6.20 Å². The molecule has 1 aromatic heterocycles. The number of hydrogen-bond donors (Lipinski definition) is 2. The smallest absolute Gasteiger partial charge is 0.384 e. The number of aliphatic hydroxyl groups excluding tert-OH is 1. The van der Waals surface area contributed by atoms with E-state index in [1.54, 1.807) is 0 Å². The minimum Gasteiger partial charge on any atom is -0.384 e. The highest BCUT2D eigenvalue weighted by Crippen LogP contribution is 2.29. The first-order valence-corrected chi connectivity index (χ1v) is 3.87. The molecule has 0 saturated heterocycles. The van der Waals surface area contributed by atoms with Crippen molar-refractivity contribution in [1.29, 1.82) is 0 Å². The number of aliphatic hydroxyl groups is 1. The summed E-state index contributed by atoms with van der Waals surface area (Å²) in [4.78, 5) is 3.37. The number of rotatable bonds is 0. The lowest BCUT2D eigenvalue weighted by Crippen LogP contribution is -2.07. The van der Waals surface area contributed by atoms with Crippen LogP contribution >= 0.6 is 0 Å². The molecular formula is C9H7F3N2O. The van der Waals surface area contributed by atoms with Crippen molar-refractivity contribution in [2.75, 3.05) is 12.3 Å². The number of nitrogens with zero attached hydrogens (tertiary/aromatic N) is 1. The number of aromatic nitrogens is 1. The van der Waals surface area contributed by atoms with Crippen LogP contribution in [0.4, 0.5) is 19.0 Å². The maximum Gasteiger partial charge on any atom is 0.417 e. The molecule has 3 nitrogen and oxygen atoms in total. The summed E-state index contributed by atoms with van der Waals surface area (Å²) >= 11 is 0. The second-order valence-electron chi connectivity index (χ2n) is 2.61. The van der Waals surface area contributed by atoms with Crippen LogP contribution in [0.2, 0.25) is 0 Å². The van der Waals surface area contributed by atoms with Crippen LogP contribution in [-0.4, -0.2) is 16.7 Å². The van der Waals surface area contributed by atoms with E-state index in [9.17, 15) is 13.2 Å². The second kappa shape index (κ2) is 4.19. The van der Waals surface area contributed by atoms with Crippen molar-refractivity contribution in [3.63, 3.8) is 0 Å². The molecule has 6 heteroatoms. The van der Waals surface area contributed by atoms with Gasteiger partial charge in [-0.05, 0) is 6.07 Å². The summed E-state index contributed by atoms with van der Waals surface area (Å²) in [6.45, 7) is -0.449. The van der Waals surface area contributed by atoms with E-state index in [-0.39, 0.29) is 11.4 Å². The van der Waals surface area contributed by atoms with Crippen LogP contribution in [0.3, 0.4) is 0 Å². The quantitative estimate of drug-likeness (QED) is 0.636. The van der Waals surface area contributed by atoms with Gasteiger partial charge in [0, 0.05) is 6.20 Å². The standard InChI is InChI=1S/C9H7F3N2O/c10-9(11,12)7-4-6(2-1-3-15)8(13)14-5-7/h4-5,15H,3H2,(H2,13,14). The molecule has 0 amide bonds.